The number of benzene rings is 1. The van der Waals surface area contributed by atoms with Crippen LogP contribution >= 0.6 is 11.6 Å². The highest BCUT2D eigenvalue weighted by Gasteiger charge is 2.33. The van der Waals surface area contributed by atoms with Crippen molar-refractivity contribution in [2.75, 3.05) is 11.9 Å². The zero-order chi connectivity index (χ0) is 19.5. The predicted molar refractivity (Wildman–Crippen MR) is 86.0 cm³/mol. The maximum absolute atomic E-state index is 12.8. The quantitative estimate of drug-likeness (QED) is 0.780. The minimum absolute atomic E-state index is 0.127. The molecule has 6 nitrogen and oxygen atoms in total. The predicted octanol–water partition coefficient (Wildman–Crippen LogP) is 4.01. The van der Waals surface area contributed by atoms with Gasteiger partial charge < -0.3 is 14.6 Å². The van der Waals surface area contributed by atoms with Crippen LogP contribution < -0.4 is 5.32 Å². The molecule has 1 aromatic carbocycles. The maximum Gasteiger partial charge on any atom is 0.417 e. The topological polar surface area (TPSA) is 81.4 Å². The van der Waals surface area contributed by atoms with E-state index in [1.165, 1.54) is 13.0 Å². The molecule has 0 saturated heterocycles. The summed E-state index contributed by atoms with van der Waals surface area (Å²) in [7, 11) is 0. The third kappa shape index (κ3) is 4.54. The van der Waals surface area contributed by atoms with Gasteiger partial charge in [0.15, 0.2) is 6.61 Å². The van der Waals surface area contributed by atoms with Crippen molar-refractivity contribution >= 4 is 29.2 Å². The number of carbonyl (C=O) groups excluding carboxylic acids is 2. The van der Waals surface area contributed by atoms with Gasteiger partial charge in [-0.3, -0.25) is 4.79 Å². The molecule has 0 aliphatic heterocycles. The van der Waals surface area contributed by atoms with Crippen molar-refractivity contribution in [3.05, 3.63) is 45.8 Å². The largest absolute Gasteiger partial charge is 0.452 e. The van der Waals surface area contributed by atoms with Crippen molar-refractivity contribution in [3.63, 3.8) is 0 Å². The minimum Gasteiger partial charge on any atom is -0.452 e. The van der Waals surface area contributed by atoms with E-state index < -0.39 is 35.2 Å². The van der Waals surface area contributed by atoms with Crippen molar-refractivity contribution in [3.8, 4) is 0 Å². The number of anilines is 1. The molecule has 0 radical (unpaired) electrons. The number of hydrogen-bond donors (Lipinski definition) is 1. The average Bonchev–Trinajstić information content (AvgIpc) is 2.94. The number of nitrogens with one attached hydrogen (secondary N) is 1. The van der Waals surface area contributed by atoms with E-state index in [2.05, 4.69) is 10.5 Å². The van der Waals surface area contributed by atoms with Gasteiger partial charge in [0.25, 0.3) is 5.91 Å². The Hall–Kier alpha value is -2.55. The monoisotopic (exact) mass is 390 g/mol. The molecule has 0 aliphatic carbocycles. The van der Waals surface area contributed by atoms with Gasteiger partial charge in [0.05, 0.1) is 16.3 Å². The lowest BCUT2D eigenvalue weighted by molar-refractivity contribution is -0.137. The van der Waals surface area contributed by atoms with Gasteiger partial charge >= 0.3 is 12.1 Å². The number of alkyl halides is 3. The van der Waals surface area contributed by atoms with E-state index >= 15 is 0 Å². The molecular formula is C16H14ClF3N2O4. The summed E-state index contributed by atoms with van der Waals surface area (Å²) in [6.07, 6.45) is -4.23. The lowest BCUT2D eigenvalue weighted by Gasteiger charge is -2.12. The number of nitrogens with zero attached hydrogens (tertiary/aromatic N) is 1. The first-order valence-electron chi connectivity index (χ1n) is 7.42. The van der Waals surface area contributed by atoms with Crippen molar-refractivity contribution < 1.29 is 32.0 Å². The van der Waals surface area contributed by atoms with E-state index in [-0.39, 0.29) is 17.0 Å². The molecule has 1 amide bonds. The van der Waals surface area contributed by atoms with Crippen molar-refractivity contribution in [1.29, 1.82) is 0 Å². The standard InChI is InChI=1S/C16H14ClF3N2O4/c1-3-12-14(8(2)26-22-12)15(24)25-7-13(23)21-9-4-5-11(17)10(6-9)16(18,19)20/h4-6H,3,7H2,1-2H3,(H,21,23). The molecule has 0 atom stereocenters. The van der Waals surface area contributed by atoms with Crippen LogP contribution in [0.2, 0.25) is 5.02 Å². The zero-order valence-corrected chi connectivity index (χ0v) is 14.5. The summed E-state index contributed by atoms with van der Waals surface area (Å²) in [6, 6.07) is 2.91. The highest BCUT2D eigenvalue weighted by atomic mass is 35.5. The Balaban J connectivity index is 2.01. The first-order valence-corrected chi connectivity index (χ1v) is 7.80. The number of carbonyl (C=O) groups is 2. The summed E-state index contributed by atoms with van der Waals surface area (Å²) in [5.41, 5.74) is -0.689. The van der Waals surface area contributed by atoms with Crippen molar-refractivity contribution in [2.24, 2.45) is 0 Å². The van der Waals surface area contributed by atoms with Crippen LogP contribution in [0.5, 0.6) is 0 Å². The minimum atomic E-state index is -4.66. The molecule has 0 bridgehead atoms. The second-order valence-electron chi connectivity index (χ2n) is 5.23. The van der Waals surface area contributed by atoms with E-state index in [0.29, 0.717) is 18.2 Å². The molecule has 2 rings (SSSR count). The Morgan fingerprint density at radius 2 is 2.04 bits per heavy atom. The number of rotatable bonds is 5. The second-order valence-corrected chi connectivity index (χ2v) is 5.64. The fourth-order valence-corrected chi connectivity index (χ4v) is 2.37. The van der Waals surface area contributed by atoms with Crippen LogP contribution in [0.4, 0.5) is 18.9 Å². The highest BCUT2D eigenvalue weighted by Crippen LogP contribution is 2.36. The SMILES string of the molecule is CCc1noc(C)c1C(=O)OCC(=O)Nc1ccc(Cl)c(C(F)(F)F)c1. The summed E-state index contributed by atoms with van der Waals surface area (Å²) in [4.78, 5) is 23.9. The van der Waals surface area contributed by atoms with Gasteiger partial charge in [-0.25, -0.2) is 4.79 Å². The highest BCUT2D eigenvalue weighted by molar-refractivity contribution is 6.31. The molecule has 26 heavy (non-hydrogen) atoms. The van der Waals surface area contributed by atoms with Crippen LogP contribution in [0.1, 0.15) is 34.3 Å². The van der Waals surface area contributed by atoms with E-state index in [1.54, 1.807) is 6.92 Å². The molecule has 10 heteroatoms. The van der Waals surface area contributed by atoms with Gasteiger partial charge in [0, 0.05) is 5.69 Å². The summed E-state index contributed by atoms with van der Waals surface area (Å²) in [5, 5.41) is 5.42. The van der Waals surface area contributed by atoms with Gasteiger partial charge in [-0.15, -0.1) is 0 Å². The third-order valence-corrected chi connectivity index (χ3v) is 3.69. The Bertz CT molecular complexity index is 833. The number of amides is 1. The molecule has 140 valence electrons. The first-order chi connectivity index (χ1) is 12.1. The molecule has 2 aromatic rings. The summed E-state index contributed by atoms with van der Waals surface area (Å²) < 4.78 is 48.2. The molecular weight excluding hydrogens is 377 g/mol. The van der Waals surface area contributed by atoms with Crippen LogP contribution in [0.25, 0.3) is 0 Å². The van der Waals surface area contributed by atoms with Gasteiger partial charge in [-0.1, -0.05) is 23.7 Å². The zero-order valence-electron chi connectivity index (χ0n) is 13.7. The van der Waals surface area contributed by atoms with E-state index in [4.69, 9.17) is 20.9 Å². The van der Waals surface area contributed by atoms with Gasteiger partial charge in [0.2, 0.25) is 0 Å². The molecule has 1 aromatic heterocycles. The lowest BCUT2D eigenvalue weighted by Crippen LogP contribution is -2.21. The van der Waals surface area contributed by atoms with E-state index in [1.807, 2.05) is 0 Å². The first kappa shape index (κ1) is 19.8. The molecule has 0 aliphatic rings. The molecule has 1 N–H and O–H groups in total. The van der Waals surface area contributed by atoms with E-state index in [9.17, 15) is 22.8 Å². The fraction of sp³-hybridized carbons (Fsp3) is 0.312. The van der Waals surface area contributed by atoms with Crippen LogP contribution in [-0.2, 0) is 22.1 Å². The Morgan fingerprint density at radius 1 is 1.35 bits per heavy atom. The van der Waals surface area contributed by atoms with Gasteiger partial charge in [-0.05, 0) is 31.5 Å². The van der Waals surface area contributed by atoms with Crippen molar-refractivity contribution in [2.45, 2.75) is 26.4 Å². The molecule has 1 heterocycles. The van der Waals surface area contributed by atoms with Gasteiger partial charge in [0.1, 0.15) is 11.3 Å². The second kappa shape index (κ2) is 7.77. The smallest absolute Gasteiger partial charge is 0.417 e. The Morgan fingerprint density at radius 3 is 2.65 bits per heavy atom. The molecule has 0 saturated carbocycles. The molecule has 0 spiro atoms. The van der Waals surface area contributed by atoms with E-state index in [0.717, 1.165) is 6.07 Å². The summed E-state index contributed by atoms with van der Waals surface area (Å²) in [6.45, 7) is 2.60. The van der Waals surface area contributed by atoms with Crippen LogP contribution in [-0.4, -0.2) is 23.6 Å². The third-order valence-electron chi connectivity index (χ3n) is 3.36. The Kier molecular flexibility index (Phi) is 5.91. The van der Waals surface area contributed by atoms with Gasteiger partial charge in [-0.2, -0.15) is 13.2 Å². The summed E-state index contributed by atoms with van der Waals surface area (Å²) in [5.74, 6) is -1.36. The number of hydrogen-bond acceptors (Lipinski definition) is 5. The fourth-order valence-electron chi connectivity index (χ4n) is 2.14. The number of aromatic nitrogens is 1. The van der Waals surface area contributed by atoms with Crippen LogP contribution in [0.15, 0.2) is 22.7 Å². The average molecular weight is 391 g/mol. The normalized spacial score (nSPS) is 11.3. The van der Waals surface area contributed by atoms with Crippen LogP contribution in [0, 0.1) is 6.92 Å². The lowest BCUT2D eigenvalue weighted by atomic mass is 10.1. The number of halogens is 4. The number of ether oxygens (including phenoxy) is 1. The molecule has 0 unspecified atom stereocenters. The molecule has 0 fully saturated rings. The summed E-state index contributed by atoms with van der Waals surface area (Å²) >= 11 is 5.50. The van der Waals surface area contributed by atoms with Crippen LogP contribution in [0.3, 0.4) is 0 Å². The Labute approximate surface area is 151 Å². The van der Waals surface area contributed by atoms with Crippen molar-refractivity contribution in [1.82, 2.24) is 5.16 Å². The number of aryl methyl sites for hydroxylation is 2. The maximum atomic E-state index is 12.8. The number of esters is 1.